The van der Waals surface area contributed by atoms with Crippen molar-refractivity contribution in [3.63, 3.8) is 0 Å². The number of amides is 2. The number of nitrogens with one attached hydrogen (secondary N) is 2. The van der Waals surface area contributed by atoms with Gasteiger partial charge in [0.05, 0.1) is 6.54 Å². The fourth-order valence-electron chi connectivity index (χ4n) is 2.74. The van der Waals surface area contributed by atoms with E-state index in [9.17, 15) is 9.59 Å². The lowest BCUT2D eigenvalue weighted by Crippen LogP contribution is -2.47. The van der Waals surface area contributed by atoms with Crippen LogP contribution >= 0.6 is 0 Å². The molecule has 0 radical (unpaired) electrons. The number of nitrogens with zero attached hydrogens (tertiary/aromatic N) is 2. The van der Waals surface area contributed by atoms with Crippen molar-refractivity contribution >= 4 is 28.9 Å². The number of hydrogen-bond donors (Lipinski definition) is 2. The molecule has 130 valence electrons. The van der Waals surface area contributed by atoms with Crippen molar-refractivity contribution in [3.8, 4) is 0 Å². The summed E-state index contributed by atoms with van der Waals surface area (Å²) in [7, 11) is 3.88. The molecular weight excluding hydrogens is 316 g/mol. The third-order valence-corrected chi connectivity index (χ3v) is 4.15. The van der Waals surface area contributed by atoms with Crippen molar-refractivity contribution in [3.05, 3.63) is 54.1 Å². The van der Waals surface area contributed by atoms with Crippen LogP contribution in [-0.2, 0) is 4.79 Å². The fraction of sp³-hybridized carbons (Fsp3) is 0.263. The number of piperazine rings is 1. The Hall–Kier alpha value is -3.02. The highest BCUT2D eigenvalue weighted by atomic mass is 16.2. The van der Waals surface area contributed by atoms with Crippen molar-refractivity contribution in [1.82, 2.24) is 5.32 Å². The van der Waals surface area contributed by atoms with Gasteiger partial charge in [0.15, 0.2) is 0 Å². The maximum absolute atomic E-state index is 12.4. The molecule has 1 fully saturated rings. The number of carbonyl (C=O) groups is 2. The zero-order valence-electron chi connectivity index (χ0n) is 14.5. The molecule has 2 aromatic carbocycles. The van der Waals surface area contributed by atoms with E-state index in [0.717, 1.165) is 23.6 Å². The van der Waals surface area contributed by atoms with Crippen LogP contribution < -0.4 is 20.4 Å². The zero-order chi connectivity index (χ0) is 17.8. The summed E-state index contributed by atoms with van der Waals surface area (Å²) in [4.78, 5) is 27.9. The third-order valence-electron chi connectivity index (χ3n) is 4.15. The molecule has 1 aliphatic heterocycles. The van der Waals surface area contributed by atoms with E-state index in [1.54, 1.807) is 6.07 Å². The highest BCUT2D eigenvalue weighted by Crippen LogP contribution is 2.20. The SMILES string of the molecule is CN(C)c1cccc(C(=O)Nc2ccc(N3CCNC(=O)C3)cc2)c1. The van der Waals surface area contributed by atoms with Crippen molar-refractivity contribution < 1.29 is 9.59 Å². The Morgan fingerprint density at radius 2 is 1.92 bits per heavy atom. The molecule has 1 saturated heterocycles. The van der Waals surface area contributed by atoms with E-state index in [4.69, 9.17) is 0 Å². The van der Waals surface area contributed by atoms with Crippen LogP contribution in [0, 0.1) is 0 Å². The van der Waals surface area contributed by atoms with Gasteiger partial charge in [0.1, 0.15) is 0 Å². The van der Waals surface area contributed by atoms with Gasteiger partial charge >= 0.3 is 0 Å². The second-order valence-corrected chi connectivity index (χ2v) is 6.22. The van der Waals surface area contributed by atoms with E-state index in [-0.39, 0.29) is 11.8 Å². The second-order valence-electron chi connectivity index (χ2n) is 6.22. The molecule has 25 heavy (non-hydrogen) atoms. The molecule has 1 heterocycles. The van der Waals surface area contributed by atoms with E-state index in [1.807, 2.05) is 66.4 Å². The highest BCUT2D eigenvalue weighted by molar-refractivity contribution is 6.04. The first-order chi connectivity index (χ1) is 12.0. The smallest absolute Gasteiger partial charge is 0.255 e. The highest BCUT2D eigenvalue weighted by Gasteiger charge is 2.16. The average Bonchev–Trinajstić information content (AvgIpc) is 2.62. The van der Waals surface area contributed by atoms with Crippen LogP contribution in [0.5, 0.6) is 0 Å². The Labute approximate surface area is 147 Å². The minimum atomic E-state index is -0.145. The van der Waals surface area contributed by atoms with Gasteiger partial charge in [-0.25, -0.2) is 0 Å². The summed E-state index contributed by atoms with van der Waals surface area (Å²) in [6.45, 7) is 1.80. The molecule has 2 aromatic rings. The van der Waals surface area contributed by atoms with Crippen LogP contribution in [0.2, 0.25) is 0 Å². The summed E-state index contributed by atoms with van der Waals surface area (Å²) in [5.41, 5.74) is 3.29. The number of benzene rings is 2. The van der Waals surface area contributed by atoms with Crippen LogP contribution in [0.25, 0.3) is 0 Å². The fourth-order valence-corrected chi connectivity index (χ4v) is 2.74. The lowest BCUT2D eigenvalue weighted by Gasteiger charge is -2.28. The lowest BCUT2D eigenvalue weighted by atomic mass is 10.1. The van der Waals surface area contributed by atoms with Crippen LogP contribution in [0.3, 0.4) is 0 Å². The standard InChI is InChI=1S/C19H22N4O2/c1-22(2)17-5-3-4-14(12-17)19(25)21-15-6-8-16(9-7-15)23-11-10-20-18(24)13-23/h3-9,12H,10-11,13H2,1-2H3,(H,20,24)(H,21,25). The minimum absolute atomic E-state index is 0.0319. The van der Waals surface area contributed by atoms with Gasteiger partial charge < -0.3 is 20.4 Å². The molecule has 3 rings (SSSR count). The molecule has 0 aliphatic carbocycles. The minimum Gasteiger partial charge on any atom is -0.378 e. The average molecular weight is 338 g/mol. The van der Waals surface area contributed by atoms with E-state index >= 15 is 0 Å². The van der Waals surface area contributed by atoms with Gasteiger partial charge in [0.25, 0.3) is 5.91 Å². The Morgan fingerprint density at radius 1 is 1.16 bits per heavy atom. The molecule has 0 unspecified atom stereocenters. The van der Waals surface area contributed by atoms with Crippen LogP contribution in [0.15, 0.2) is 48.5 Å². The van der Waals surface area contributed by atoms with Gasteiger partial charge in [-0.05, 0) is 42.5 Å². The summed E-state index contributed by atoms with van der Waals surface area (Å²) < 4.78 is 0. The first kappa shape index (κ1) is 16.8. The summed E-state index contributed by atoms with van der Waals surface area (Å²) in [5, 5.41) is 5.72. The molecule has 1 aliphatic rings. The first-order valence-electron chi connectivity index (χ1n) is 8.23. The monoisotopic (exact) mass is 338 g/mol. The summed E-state index contributed by atoms with van der Waals surface area (Å²) in [6.07, 6.45) is 0. The van der Waals surface area contributed by atoms with Gasteiger partial charge in [-0.1, -0.05) is 6.07 Å². The predicted octanol–water partition coefficient (Wildman–Crippen LogP) is 1.94. The number of hydrogen-bond acceptors (Lipinski definition) is 4. The number of anilines is 3. The molecule has 6 heteroatoms. The molecule has 0 atom stereocenters. The molecule has 0 saturated carbocycles. The van der Waals surface area contributed by atoms with Crippen molar-refractivity contribution in [1.29, 1.82) is 0 Å². The predicted molar refractivity (Wildman–Crippen MR) is 100 cm³/mol. The molecule has 2 amide bonds. The van der Waals surface area contributed by atoms with Crippen LogP contribution in [0.4, 0.5) is 17.1 Å². The summed E-state index contributed by atoms with van der Waals surface area (Å²) >= 11 is 0. The van der Waals surface area contributed by atoms with Crippen molar-refractivity contribution in [2.24, 2.45) is 0 Å². The van der Waals surface area contributed by atoms with Gasteiger partial charge in [-0.3, -0.25) is 9.59 Å². The van der Waals surface area contributed by atoms with Crippen molar-refractivity contribution in [2.75, 3.05) is 48.8 Å². The Morgan fingerprint density at radius 3 is 2.60 bits per heavy atom. The van der Waals surface area contributed by atoms with E-state index in [0.29, 0.717) is 18.7 Å². The summed E-state index contributed by atoms with van der Waals surface area (Å²) in [5.74, 6) is -0.113. The van der Waals surface area contributed by atoms with E-state index < -0.39 is 0 Å². The zero-order valence-corrected chi connectivity index (χ0v) is 14.5. The third kappa shape index (κ3) is 4.09. The van der Waals surface area contributed by atoms with E-state index in [1.165, 1.54) is 0 Å². The van der Waals surface area contributed by atoms with E-state index in [2.05, 4.69) is 10.6 Å². The van der Waals surface area contributed by atoms with Crippen LogP contribution in [-0.4, -0.2) is 45.5 Å². The Balaban J connectivity index is 1.68. The van der Waals surface area contributed by atoms with Crippen molar-refractivity contribution in [2.45, 2.75) is 0 Å². The Kier molecular flexibility index (Phi) is 4.88. The number of carbonyl (C=O) groups excluding carboxylic acids is 2. The maximum Gasteiger partial charge on any atom is 0.255 e. The largest absolute Gasteiger partial charge is 0.378 e. The quantitative estimate of drug-likeness (QED) is 0.894. The molecule has 6 nitrogen and oxygen atoms in total. The van der Waals surface area contributed by atoms with Gasteiger partial charge in [0, 0.05) is 49.8 Å². The Bertz CT molecular complexity index is 771. The number of rotatable bonds is 4. The molecule has 0 bridgehead atoms. The maximum atomic E-state index is 12.4. The second kappa shape index (κ2) is 7.25. The first-order valence-corrected chi connectivity index (χ1v) is 8.23. The summed E-state index contributed by atoms with van der Waals surface area (Å²) in [6, 6.07) is 15.0. The topological polar surface area (TPSA) is 64.7 Å². The molecule has 2 N–H and O–H groups in total. The molecule has 0 aromatic heterocycles. The lowest BCUT2D eigenvalue weighted by molar-refractivity contribution is -0.120. The van der Waals surface area contributed by atoms with Gasteiger partial charge in [-0.2, -0.15) is 0 Å². The normalized spacial score (nSPS) is 14.0. The molecular formula is C19H22N4O2. The van der Waals surface area contributed by atoms with Crippen LogP contribution in [0.1, 0.15) is 10.4 Å². The van der Waals surface area contributed by atoms with Gasteiger partial charge in [0.2, 0.25) is 5.91 Å². The van der Waals surface area contributed by atoms with Gasteiger partial charge in [-0.15, -0.1) is 0 Å². The molecule has 0 spiro atoms.